The number of hydrogen-bond donors (Lipinski definition) is 2. The molecule has 9 heteroatoms. The van der Waals surface area contributed by atoms with Crippen molar-refractivity contribution < 1.29 is 22.7 Å². The van der Waals surface area contributed by atoms with Crippen LogP contribution in [0.1, 0.15) is 27.2 Å². The SMILES string of the molecule is CC(=O)NCCCNS(=O)(=O)c1ccc2c(c1)N(C(C)=O)CC(C)O2. The van der Waals surface area contributed by atoms with E-state index in [2.05, 4.69) is 10.0 Å². The van der Waals surface area contributed by atoms with Crippen LogP contribution in [-0.4, -0.2) is 46.0 Å². The van der Waals surface area contributed by atoms with Crippen LogP contribution in [0.25, 0.3) is 0 Å². The minimum absolute atomic E-state index is 0.0650. The van der Waals surface area contributed by atoms with Gasteiger partial charge in [0.1, 0.15) is 11.9 Å². The van der Waals surface area contributed by atoms with Crippen LogP contribution in [0, 0.1) is 0 Å². The lowest BCUT2D eigenvalue weighted by molar-refractivity contribution is -0.119. The van der Waals surface area contributed by atoms with Crippen LogP contribution in [-0.2, 0) is 19.6 Å². The van der Waals surface area contributed by atoms with Crippen molar-refractivity contribution in [2.45, 2.75) is 38.2 Å². The van der Waals surface area contributed by atoms with Crippen LogP contribution < -0.4 is 19.7 Å². The van der Waals surface area contributed by atoms with Gasteiger partial charge in [-0.05, 0) is 31.5 Å². The van der Waals surface area contributed by atoms with Crippen molar-refractivity contribution in [3.63, 3.8) is 0 Å². The number of hydrogen-bond acceptors (Lipinski definition) is 5. The van der Waals surface area contributed by atoms with Crippen LogP contribution in [0.2, 0.25) is 0 Å². The Balaban J connectivity index is 2.13. The average molecular weight is 369 g/mol. The Kier molecular flexibility index (Phi) is 6.02. The molecular formula is C16H23N3O5S. The number of carbonyl (C=O) groups is 2. The van der Waals surface area contributed by atoms with Gasteiger partial charge in [-0.25, -0.2) is 13.1 Å². The van der Waals surface area contributed by atoms with Crippen LogP contribution in [0.15, 0.2) is 23.1 Å². The van der Waals surface area contributed by atoms with Crippen LogP contribution in [0.5, 0.6) is 5.75 Å². The number of amides is 2. The Morgan fingerprint density at radius 3 is 2.64 bits per heavy atom. The molecule has 1 aromatic carbocycles. The smallest absolute Gasteiger partial charge is 0.240 e. The summed E-state index contributed by atoms with van der Waals surface area (Å²) in [7, 11) is -3.71. The van der Waals surface area contributed by atoms with Crippen molar-refractivity contribution in [1.29, 1.82) is 0 Å². The predicted octanol–water partition coefficient (Wildman–Crippen LogP) is 0.625. The number of anilines is 1. The first kappa shape index (κ1) is 19.2. The minimum atomic E-state index is -3.71. The van der Waals surface area contributed by atoms with Gasteiger partial charge in [-0.2, -0.15) is 0 Å². The molecule has 0 aromatic heterocycles. The van der Waals surface area contributed by atoms with Gasteiger partial charge in [-0.3, -0.25) is 9.59 Å². The maximum Gasteiger partial charge on any atom is 0.240 e. The molecule has 0 bridgehead atoms. The molecule has 2 amide bonds. The summed E-state index contributed by atoms with van der Waals surface area (Å²) in [5.41, 5.74) is 0.451. The zero-order chi connectivity index (χ0) is 18.6. The second-order valence-electron chi connectivity index (χ2n) is 5.92. The number of nitrogens with one attached hydrogen (secondary N) is 2. The summed E-state index contributed by atoms with van der Waals surface area (Å²) in [5, 5.41) is 2.60. The highest BCUT2D eigenvalue weighted by Crippen LogP contribution is 2.35. The van der Waals surface area contributed by atoms with E-state index in [9.17, 15) is 18.0 Å². The number of fused-ring (bicyclic) bond motifs is 1. The molecule has 0 saturated heterocycles. The number of ether oxygens (including phenoxy) is 1. The molecule has 1 heterocycles. The highest BCUT2D eigenvalue weighted by molar-refractivity contribution is 7.89. The van der Waals surface area contributed by atoms with Gasteiger partial charge < -0.3 is 15.0 Å². The molecule has 1 aromatic rings. The summed E-state index contributed by atoms with van der Waals surface area (Å²) in [6.45, 7) is 5.65. The normalized spacial score (nSPS) is 16.8. The fraction of sp³-hybridized carbons (Fsp3) is 0.500. The van der Waals surface area contributed by atoms with Gasteiger partial charge in [-0.1, -0.05) is 0 Å². The van der Waals surface area contributed by atoms with Crippen molar-refractivity contribution in [2.75, 3.05) is 24.5 Å². The van der Waals surface area contributed by atoms with Gasteiger partial charge in [0.15, 0.2) is 0 Å². The maximum atomic E-state index is 12.4. The number of nitrogens with zero attached hydrogens (tertiary/aromatic N) is 1. The third kappa shape index (κ3) is 4.93. The third-order valence-corrected chi connectivity index (χ3v) is 5.16. The number of rotatable bonds is 6. The molecule has 0 spiro atoms. The Bertz CT molecular complexity index is 763. The molecule has 8 nitrogen and oxygen atoms in total. The topological polar surface area (TPSA) is 105 Å². The molecule has 1 atom stereocenters. The monoisotopic (exact) mass is 369 g/mol. The molecule has 0 radical (unpaired) electrons. The van der Waals surface area contributed by atoms with E-state index in [4.69, 9.17) is 4.74 Å². The Labute approximate surface area is 147 Å². The Morgan fingerprint density at radius 2 is 2.00 bits per heavy atom. The van der Waals surface area contributed by atoms with Gasteiger partial charge in [0.2, 0.25) is 21.8 Å². The lowest BCUT2D eigenvalue weighted by Crippen LogP contribution is -2.41. The average Bonchev–Trinajstić information content (AvgIpc) is 2.52. The van der Waals surface area contributed by atoms with Crippen molar-refractivity contribution in [3.8, 4) is 5.75 Å². The van der Waals surface area contributed by atoms with Gasteiger partial charge in [0.25, 0.3) is 0 Å². The van der Waals surface area contributed by atoms with Gasteiger partial charge in [-0.15, -0.1) is 0 Å². The van der Waals surface area contributed by atoms with Gasteiger partial charge in [0.05, 0.1) is 17.1 Å². The first-order valence-electron chi connectivity index (χ1n) is 8.03. The molecule has 25 heavy (non-hydrogen) atoms. The molecule has 1 aliphatic rings. The van der Waals surface area contributed by atoms with E-state index in [1.807, 2.05) is 6.92 Å². The van der Waals surface area contributed by atoms with Crippen LogP contribution in [0.3, 0.4) is 0 Å². The van der Waals surface area contributed by atoms with Crippen molar-refractivity contribution in [3.05, 3.63) is 18.2 Å². The molecule has 2 N–H and O–H groups in total. The molecule has 1 unspecified atom stereocenters. The maximum absolute atomic E-state index is 12.4. The summed E-state index contributed by atoms with van der Waals surface area (Å²) in [4.78, 5) is 24.2. The van der Waals surface area contributed by atoms with E-state index in [1.54, 1.807) is 6.07 Å². The first-order valence-corrected chi connectivity index (χ1v) is 9.52. The lowest BCUT2D eigenvalue weighted by Gasteiger charge is -2.33. The molecule has 0 saturated carbocycles. The Morgan fingerprint density at radius 1 is 1.28 bits per heavy atom. The van der Waals surface area contributed by atoms with E-state index in [1.165, 1.54) is 30.9 Å². The lowest BCUT2D eigenvalue weighted by atomic mass is 10.2. The summed E-state index contributed by atoms with van der Waals surface area (Å²) >= 11 is 0. The van der Waals surface area contributed by atoms with Gasteiger partial charge >= 0.3 is 0 Å². The van der Waals surface area contributed by atoms with Crippen LogP contribution in [0.4, 0.5) is 5.69 Å². The largest absolute Gasteiger partial charge is 0.487 e. The van der Waals surface area contributed by atoms with E-state index in [0.717, 1.165) is 0 Å². The number of benzene rings is 1. The van der Waals surface area contributed by atoms with Gasteiger partial charge in [0, 0.05) is 26.9 Å². The zero-order valence-electron chi connectivity index (χ0n) is 14.5. The van der Waals surface area contributed by atoms with E-state index < -0.39 is 10.0 Å². The van der Waals surface area contributed by atoms with E-state index >= 15 is 0 Å². The summed E-state index contributed by atoms with van der Waals surface area (Å²) in [6.07, 6.45) is 0.315. The third-order valence-electron chi connectivity index (χ3n) is 3.70. The Hall–Kier alpha value is -2.13. The fourth-order valence-corrected chi connectivity index (χ4v) is 3.62. The van der Waals surface area contributed by atoms with Crippen molar-refractivity contribution >= 4 is 27.5 Å². The molecule has 1 aliphatic heterocycles. The standard InChI is InChI=1S/C16H23N3O5S/c1-11-10-19(13(3)21)15-9-14(5-6-16(15)24-11)25(22,23)18-8-4-7-17-12(2)20/h5-6,9,11,18H,4,7-8,10H2,1-3H3,(H,17,20). The summed E-state index contributed by atoms with van der Waals surface area (Å²) < 4.78 is 33.0. The van der Waals surface area contributed by atoms with Crippen LogP contribution >= 0.6 is 0 Å². The second-order valence-corrected chi connectivity index (χ2v) is 7.69. The predicted molar refractivity (Wildman–Crippen MR) is 93.0 cm³/mol. The highest BCUT2D eigenvalue weighted by Gasteiger charge is 2.27. The first-order chi connectivity index (χ1) is 11.7. The van der Waals surface area contributed by atoms with Crippen molar-refractivity contribution in [1.82, 2.24) is 10.0 Å². The number of sulfonamides is 1. The molecule has 138 valence electrons. The zero-order valence-corrected chi connectivity index (χ0v) is 15.4. The summed E-state index contributed by atoms with van der Waals surface area (Å²) in [5.74, 6) is 0.156. The fourth-order valence-electron chi connectivity index (χ4n) is 2.53. The molecule has 2 rings (SSSR count). The highest BCUT2D eigenvalue weighted by atomic mass is 32.2. The number of carbonyl (C=O) groups excluding carboxylic acids is 2. The van der Waals surface area contributed by atoms with Crippen molar-refractivity contribution in [2.24, 2.45) is 0 Å². The minimum Gasteiger partial charge on any atom is -0.487 e. The molecule has 0 fully saturated rings. The second kappa shape index (κ2) is 7.83. The summed E-state index contributed by atoms with van der Waals surface area (Å²) in [6, 6.07) is 4.46. The van der Waals surface area contributed by atoms with E-state index in [0.29, 0.717) is 30.9 Å². The molecule has 0 aliphatic carbocycles. The van der Waals surface area contributed by atoms with E-state index in [-0.39, 0.29) is 29.4 Å². The quantitative estimate of drug-likeness (QED) is 0.716. The molecular weight excluding hydrogens is 346 g/mol.